The van der Waals surface area contributed by atoms with Gasteiger partial charge in [0.25, 0.3) is 5.91 Å². The van der Waals surface area contributed by atoms with E-state index in [9.17, 15) is 4.79 Å². The molecule has 104 valence electrons. The van der Waals surface area contributed by atoms with Crippen molar-refractivity contribution in [3.63, 3.8) is 0 Å². The number of carbonyl (C=O) groups excluding carboxylic acids is 1. The van der Waals surface area contributed by atoms with Crippen molar-refractivity contribution < 1.29 is 4.79 Å². The molecule has 0 spiro atoms. The second-order valence-corrected chi connectivity index (χ2v) is 6.21. The monoisotopic (exact) mass is 278 g/mol. The summed E-state index contributed by atoms with van der Waals surface area (Å²) in [6.45, 7) is 3.89. The third-order valence-corrected chi connectivity index (χ3v) is 4.84. The van der Waals surface area contributed by atoms with Crippen molar-refractivity contribution in [2.75, 3.05) is 26.4 Å². The summed E-state index contributed by atoms with van der Waals surface area (Å²) in [4.78, 5) is 15.6. The van der Waals surface area contributed by atoms with Gasteiger partial charge in [-0.25, -0.2) is 0 Å². The fourth-order valence-electron chi connectivity index (χ4n) is 2.37. The number of hydrogen-bond donors (Lipinski definition) is 1. The van der Waals surface area contributed by atoms with Crippen molar-refractivity contribution >= 4 is 17.7 Å². The van der Waals surface area contributed by atoms with Crippen molar-refractivity contribution in [1.29, 1.82) is 0 Å². The number of thioether (sulfide) groups is 1. The summed E-state index contributed by atoms with van der Waals surface area (Å²) in [5.74, 6) is 0.158. The van der Waals surface area contributed by atoms with Crippen molar-refractivity contribution in [2.45, 2.75) is 30.2 Å². The van der Waals surface area contributed by atoms with Crippen molar-refractivity contribution in [3.05, 3.63) is 29.8 Å². The molecule has 1 amide bonds. The number of nitrogens with zero attached hydrogens (tertiary/aromatic N) is 1. The van der Waals surface area contributed by atoms with Crippen LogP contribution < -0.4 is 5.32 Å². The Morgan fingerprint density at radius 1 is 1.26 bits per heavy atom. The van der Waals surface area contributed by atoms with E-state index in [2.05, 4.69) is 12.2 Å². The Balaban J connectivity index is 2.00. The molecule has 0 aromatic heterocycles. The molecule has 0 radical (unpaired) electrons. The van der Waals surface area contributed by atoms with E-state index in [0.29, 0.717) is 0 Å². The van der Waals surface area contributed by atoms with E-state index >= 15 is 0 Å². The highest BCUT2D eigenvalue weighted by Gasteiger charge is 2.30. The normalized spacial score (nSPS) is 18.4. The van der Waals surface area contributed by atoms with Crippen LogP contribution in [0.4, 0.5) is 0 Å². The Morgan fingerprint density at radius 3 is 2.32 bits per heavy atom. The smallest absolute Gasteiger partial charge is 0.253 e. The van der Waals surface area contributed by atoms with Crippen LogP contribution in [-0.4, -0.2) is 42.7 Å². The fraction of sp³-hybridized carbons (Fsp3) is 0.533. The van der Waals surface area contributed by atoms with Crippen LogP contribution in [0, 0.1) is 0 Å². The minimum Gasteiger partial charge on any atom is -0.339 e. The summed E-state index contributed by atoms with van der Waals surface area (Å²) >= 11 is 1.69. The van der Waals surface area contributed by atoms with Crippen molar-refractivity contribution in [2.24, 2.45) is 0 Å². The molecule has 3 nitrogen and oxygen atoms in total. The molecule has 1 saturated heterocycles. The Morgan fingerprint density at radius 2 is 1.84 bits per heavy atom. The molecule has 1 heterocycles. The van der Waals surface area contributed by atoms with Gasteiger partial charge in [0.15, 0.2) is 0 Å². The van der Waals surface area contributed by atoms with E-state index in [-0.39, 0.29) is 11.4 Å². The first kappa shape index (κ1) is 14.4. The van der Waals surface area contributed by atoms with E-state index in [1.807, 2.05) is 42.5 Å². The Labute approximate surface area is 119 Å². The van der Waals surface area contributed by atoms with Gasteiger partial charge in [0.2, 0.25) is 0 Å². The fourth-order valence-corrected chi connectivity index (χ4v) is 2.78. The molecule has 1 aromatic rings. The van der Waals surface area contributed by atoms with Crippen LogP contribution in [0.3, 0.4) is 0 Å². The Bertz CT molecular complexity index is 436. The van der Waals surface area contributed by atoms with Crippen molar-refractivity contribution in [3.8, 4) is 0 Å². The summed E-state index contributed by atoms with van der Waals surface area (Å²) in [5, 5.41) is 3.35. The highest BCUT2D eigenvalue weighted by atomic mass is 32.2. The molecule has 19 heavy (non-hydrogen) atoms. The lowest BCUT2D eigenvalue weighted by Gasteiger charge is -2.39. The van der Waals surface area contributed by atoms with Crippen molar-refractivity contribution in [1.82, 2.24) is 10.2 Å². The summed E-state index contributed by atoms with van der Waals surface area (Å²) < 4.78 is 0. The van der Waals surface area contributed by atoms with E-state index in [0.717, 1.165) is 31.5 Å². The molecule has 1 fully saturated rings. The van der Waals surface area contributed by atoms with E-state index in [1.54, 1.807) is 11.8 Å². The van der Waals surface area contributed by atoms with Gasteiger partial charge in [-0.15, -0.1) is 11.8 Å². The van der Waals surface area contributed by atoms with E-state index in [1.165, 1.54) is 4.90 Å². The predicted molar refractivity (Wildman–Crippen MR) is 80.8 cm³/mol. The molecule has 1 aliphatic rings. The minimum absolute atomic E-state index is 0.158. The summed E-state index contributed by atoms with van der Waals surface area (Å²) in [5.41, 5.74) is 0.977. The number of amides is 1. The number of hydrogen-bond acceptors (Lipinski definition) is 3. The molecular formula is C15H22N2OS. The van der Waals surface area contributed by atoms with Gasteiger partial charge in [-0.3, -0.25) is 4.79 Å². The molecule has 0 bridgehead atoms. The molecule has 4 heteroatoms. The quantitative estimate of drug-likeness (QED) is 0.863. The zero-order valence-corrected chi connectivity index (χ0v) is 12.7. The van der Waals surface area contributed by atoms with Gasteiger partial charge >= 0.3 is 0 Å². The second kappa shape index (κ2) is 5.97. The zero-order chi connectivity index (χ0) is 13.9. The van der Waals surface area contributed by atoms with E-state index < -0.39 is 0 Å². The van der Waals surface area contributed by atoms with Crippen LogP contribution >= 0.6 is 11.8 Å². The third-order valence-electron chi connectivity index (χ3n) is 4.09. The zero-order valence-electron chi connectivity index (χ0n) is 11.9. The molecule has 1 aromatic carbocycles. The number of likely N-dealkylation sites (tertiary alicyclic amines) is 1. The maximum absolute atomic E-state index is 12.4. The topological polar surface area (TPSA) is 32.3 Å². The first-order chi connectivity index (χ1) is 9.08. The second-order valence-electron chi connectivity index (χ2n) is 5.33. The molecular weight excluding hydrogens is 256 g/mol. The first-order valence-corrected chi connectivity index (χ1v) is 7.93. The lowest BCUT2D eigenvalue weighted by atomic mass is 9.89. The van der Waals surface area contributed by atoms with Crippen LogP contribution in [0.25, 0.3) is 0 Å². The average molecular weight is 278 g/mol. The largest absolute Gasteiger partial charge is 0.339 e. The molecule has 0 atom stereocenters. The lowest BCUT2D eigenvalue weighted by molar-refractivity contribution is 0.0662. The van der Waals surface area contributed by atoms with Gasteiger partial charge in [0.1, 0.15) is 0 Å². The first-order valence-electron chi connectivity index (χ1n) is 6.70. The predicted octanol–water partition coefficient (Wildman–Crippen LogP) is 2.62. The highest BCUT2D eigenvalue weighted by molar-refractivity contribution is 7.98. The molecule has 0 saturated carbocycles. The average Bonchev–Trinajstić information content (AvgIpc) is 2.47. The van der Waals surface area contributed by atoms with Gasteiger partial charge in [0.05, 0.1) is 0 Å². The number of piperidine rings is 1. The lowest BCUT2D eigenvalue weighted by Crippen LogP contribution is -2.51. The number of nitrogens with one attached hydrogen (secondary N) is 1. The van der Waals surface area contributed by atoms with Crippen LogP contribution in [0.1, 0.15) is 30.1 Å². The molecule has 1 N–H and O–H groups in total. The van der Waals surface area contributed by atoms with Gasteiger partial charge in [-0.2, -0.15) is 0 Å². The third kappa shape index (κ3) is 3.31. The molecule has 0 aliphatic carbocycles. The van der Waals surface area contributed by atoms with Gasteiger partial charge < -0.3 is 10.2 Å². The number of carbonyl (C=O) groups is 1. The Kier molecular flexibility index (Phi) is 4.53. The summed E-state index contributed by atoms with van der Waals surface area (Å²) in [7, 11) is 2.00. The van der Waals surface area contributed by atoms with Gasteiger partial charge in [0, 0.05) is 29.1 Å². The number of benzene rings is 1. The van der Waals surface area contributed by atoms with Crippen LogP contribution in [0.2, 0.25) is 0 Å². The maximum atomic E-state index is 12.4. The minimum atomic E-state index is 0.158. The highest BCUT2D eigenvalue weighted by Crippen LogP contribution is 2.23. The molecule has 0 unspecified atom stereocenters. The molecule has 2 rings (SSSR count). The standard InChI is InChI=1S/C15H22N2OS/c1-15(16-2)8-10-17(11-9-15)14(18)12-4-6-13(19-3)7-5-12/h4-7,16H,8-11H2,1-3H3. The number of rotatable bonds is 3. The SMILES string of the molecule is CNC1(C)CCN(C(=O)c2ccc(SC)cc2)CC1. The Hall–Kier alpha value is -1.00. The van der Waals surface area contributed by atoms with Crippen LogP contribution in [0.5, 0.6) is 0 Å². The molecule has 1 aliphatic heterocycles. The maximum Gasteiger partial charge on any atom is 0.253 e. The summed E-state index contributed by atoms with van der Waals surface area (Å²) in [6, 6.07) is 7.89. The van der Waals surface area contributed by atoms with Gasteiger partial charge in [-0.05, 0) is 57.3 Å². The van der Waals surface area contributed by atoms with Gasteiger partial charge in [-0.1, -0.05) is 0 Å². The summed E-state index contributed by atoms with van der Waals surface area (Å²) in [6.07, 6.45) is 4.07. The van der Waals surface area contributed by atoms with Crippen LogP contribution in [0.15, 0.2) is 29.2 Å². The van der Waals surface area contributed by atoms with E-state index in [4.69, 9.17) is 0 Å². The van der Waals surface area contributed by atoms with Crippen LogP contribution in [-0.2, 0) is 0 Å².